The molecule has 2 rings (SSSR count). The predicted molar refractivity (Wildman–Crippen MR) is 106 cm³/mol. The zero-order valence-corrected chi connectivity index (χ0v) is 16.1. The van der Waals surface area contributed by atoms with Gasteiger partial charge in [-0.3, -0.25) is 4.79 Å². The van der Waals surface area contributed by atoms with Gasteiger partial charge >= 0.3 is 5.97 Å². The second kappa shape index (κ2) is 10.4. The van der Waals surface area contributed by atoms with Crippen molar-refractivity contribution in [1.29, 1.82) is 0 Å². The van der Waals surface area contributed by atoms with Gasteiger partial charge in [0.15, 0.2) is 6.61 Å². The lowest BCUT2D eigenvalue weighted by Gasteiger charge is -2.06. The number of benzene rings is 2. The van der Waals surface area contributed by atoms with E-state index in [9.17, 15) is 9.59 Å². The number of rotatable bonds is 8. The van der Waals surface area contributed by atoms with Crippen LogP contribution < -0.4 is 10.1 Å². The lowest BCUT2D eigenvalue weighted by molar-refractivity contribution is -0.143. The lowest BCUT2D eigenvalue weighted by atomic mass is 10.1. The van der Waals surface area contributed by atoms with Gasteiger partial charge in [-0.2, -0.15) is 0 Å². The summed E-state index contributed by atoms with van der Waals surface area (Å²) in [6, 6.07) is 13.1. The highest BCUT2D eigenvalue weighted by molar-refractivity contribution is 6.31. The van der Waals surface area contributed by atoms with E-state index < -0.39 is 5.97 Å². The van der Waals surface area contributed by atoms with Gasteiger partial charge in [-0.15, -0.1) is 0 Å². The molecule has 1 amide bonds. The van der Waals surface area contributed by atoms with Crippen molar-refractivity contribution in [3.05, 3.63) is 70.3 Å². The first-order chi connectivity index (χ1) is 13.0. The van der Waals surface area contributed by atoms with Crippen LogP contribution in [0.4, 0.5) is 0 Å². The van der Waals surface area contributed by atoms with Crippen LogP contribution in [0.2, 0.25) is 5.02 Å². The van der Waals surface area contributed by atoms with Gasteiger partial charge in [0.25, 0.3) is 5.91 Å². The molecule has 0 fully saturated rings. The maximum atomic E-state index is 11.7. The average molecular weight is 388 g/mol. The monoisotopic (exact) mass is 387 g/mol. The number of ether oxygens (including phenoxy) is 2. The molecule has 5 nitrogen and oxygen atoms in total. The van der Waals surface area contributed by atoms with Crippen LogP contribution in [0.1, 0.15) is 16.7 Å². The molecule has 0 aromatic heterocycles. The van der Waals surface area contributed by atoms with Crippen LogP contribution in [-0.4, -0.2) is 32.1 Å². The van der Waals surface area contributed by atoms with Crippen LogP contribution in [0.25, 0.3) is 6.08 Å². The first kappa shape index (κ1) is 20.5. The van der Waals surface area contributed by atoms with Gasteiger partial charge in [-0.1, -0.05) is 35.9 Å². The summed E-state index contributed by atoms with van der Waals surface area (Å²) in [7, 11) is 1.61. The number of methoxy groups -OCH3 is 1. The second-order valence-corrected chi connectivity index (χ2v) is 6.30. The number of carbonyl (C=O) groups excluding carboxylic acids is 2. The molecule has 142 valence electrons. The summed E-state index contributed by atoms with van der Waals surface area (Å²) < 4.78 is 10.0. The fourth-order valence-corrected chi connectivity index (χ4v) is 2.44. The summed E-state index contributed by atoms with van der Waals surface area (Å²) in [6.07, 6.45) is 3.54. The molecule has 1 N–H and O–H groups in total. The Morgan fingerprint density at radius 1 is 1.15 bits per heavy atom. The molecule has 0 unspecified atom stereocenters. The van der Waals surface area contributed by atoms with Crippen LogP contribution in [0, 0.1) is 6.92 Å². The number of amides is 1. The van der Waals surface area contributed by atoms with Crippen molar-refractivity contribution >= 4 is 29.6 Å². The predicted octanol–water partition coefficient (Wildman–Crippen LogP) is 3.57. The minimum atomic E-state index is -0.586. The van der Waals surface area contributed by atoms with E-state index in [4.69, 9.17) is 21.1 Å². The number of carbonyl (C=O) groups is 2. The van der Waals surface area contributed by atoms with Crippen molar-refractivity contribution in [2.45, 2.75) is 13.3 Å². The summed E-state index contributed by atoms with van der Waals surface area (Å²) in [5, 5.41) is 3.34. The van der Waals surface area contributed by atoms with Crippen LogP contribution in [-0.2, 0) is 20.7 Å². The maximum absolute atomic E-state index is 11.7. The van der Waals surface area contributed by atoms with Gasteiger partial charge in [-0.05, 0) is 54.3 Å². The van der Waals surface area contributed by atoms with E-state index in [-0.39, 0.29) is 12.5 Å². The van der Waals surface area contributed by atoms with Gasteiger partial charge in [0.2, 0.25) is 0 Å². The van der Waals surface area contributed by atoms with E-state index in [0.29, 0.717) is 18.0 Å². The van der Waals surface area contributed by atoms with Crippen molar-refractivity contribution in [3.63, 3.8) is 0 Å². The van der Waals surface area contributed by atoms with Gasteiger partial charge < -0.3 is 14.8 Å². The van der Waals surface area contributed by atoms with Gasteiger partial charge in [0.1, 0.15) is 5.75 Å². The molecule has 0 atom stereocenters. The largest absolute Gasteiger partial charge is 0.497 e. The second-order valence-electron chi connectivity index (χ2n) is 5.90. The molecule has 0 aliphatic carbocycles. The molecule has 0 saturated heterocycles. The average Bonchev–Trinajstić information content (AvgIpc) is 2.68. The van der Waals surface area contributed by atoms with Crippen LogP contribution >= 0.6 is 11.6 Å². The van der Waals surface area contributed by atoms with Crippen LogP contribution in [0.5, 0.6) is 5.75 Å². The summed E-state index contributed by atoms with van der Waals surface area (Å²) in [5.74, 6) is -0.142. The fourth-order valence-electron chi connectivity index (χ4n) is 2.25. The Hall–Kier alpha value is -2.79. The molecular weight excluding hydrogens is 366 g/mol. The summed E-state index contributed by atoms with van der Waals surface area (Å²) >= 11 is 6.03. The van der Waals surface area contributed by atoms with Crippen molar-refractivity contribution in [3.8, 4) is 5.75 Å². The smallest absolute Gasteiger partial charge is 0.331 e. The number of halogens is 1. The molecule has 0 spiro atoms. The third-order valence-electron chi connectivity index (χ3n) is 3.85. The van der Waals surface area contributed by atoms with Crippen molar-refractivity contribution in [2.24, 2.45) is 0 Å². The Bertz CT molecular complexity index is 815. The lowest BCUT2D eigenvalue weighted by Crippen LogP contribution is -2.30. The first-order valence-electron chi connectivity index (χ1n) is 8.48. The maximum Gasteiger partial charge on any atom is 0.331 e. The fraction of sp³-hybridized carbons (Fsp3) is 0.238. The zero-order valence-electron chi connectivity index (χ0n) is 15.3. The third-order valence-corrected chi connectivity index (χ3v) is 4.26. The van der Waals surface area contributed by atoms with Crippen LogP contribution in [0.15, 0.2) is 48.5 Å². The van der Waals surface area contributed by atoms with Crippen molar-refractivity contribution in [1.82, 2.24) is 5.32 Å². The van der Waals surface area contributed by atoms with E-state index in [1.165, 1.54) is 6.08 Å². The Balaban J connectivity index is 1.68. The summed E-state index contributed by atoms with van der Waals surface area (Å²) in [4.78, 5) is 23.4. The van der Waals surface area contributed by atoms with Gasteiger partial charge in [-0.25, -0.2) is 4.79 Å². The van der Waals surface area contributed by atoms with Crippen molar-refractivity contribution in [2.75, 3.05) is 20.3 Å². The molecule has 0 saturated carbocycles. The van der Waals surface area contributed by atoms with E-state index in [1.54, 1.807) is 19.3 Å². The highest BCUT2D eigenvalue weighted by atomic mass is 35.5. The topological polar surface area (TPSA) is 64.6 Å². The molecule has 0 aliphatic rings. The first-order valence-corrected chi connectivity index (χ1v) is 8.86. The normalized spacial score (nSPS) is 10.6. The Morgan fingerprint density at radius 2 is 1.89 bits per heavy atom. The molecule has 0 radical (unpaired) electrons. The summed E-state index contributed by atoms with van der Waals surface area (Å²) in [6.45, 7) is 2.04. The Kier molecular flexibility index (Phi) is 7.89. The molecule has 0 heterocycles. The third kappa shape index (κ3) is 7.15. The molecule has 0 aliphatic heterocycles. The zero-order chi connectivity index (χ0) is 19.6. The number of hydrogen-bond acceptors (Lipinski definition) is 4. The van der Waals surface area contributed by atoms with Gasteiger partial charge in [0, 0.05) is 17.6 Å². The number of esters is 1. The van der Waals surface area contributed by atoms with Crippen LogP contribution in [0.3, 0.4) is 0 Å². The highest BCUT2D eigenvalue weighted by Gasteiger charge is 2.05. The quantitative estimate of drug-likeness (QED) is 0.555. The molecule has 6 heteroatoms. The van der Waals surface area contributed by atoms with E-state index in [2.05, 4.69) is 5.32 Å². The Morgan fingerprint density at radius 3 is 2.56 bits per heavy atom. The number of nitrogens with one attached hydrogen (secondary N) is 1. The number of hydrogen-bond donors (Lipinski definition) is 1. The minimum absolute atomic E-state index is 0.319. The minimum Gasteiger partial charge on any atom is -0.497 e. The van der Waals surface area contributed by atoms with Crippen molar-refractivity contribution < 1.29 is 19.1 Å². The Labute approximate surface area is 163 Å². The van der Waals surface area contributed by atoms with E-state index in [0.717, 1.165) is 22.4 Å². The molecular formula is C21H22ClNO4. The standard InChI is InChI=1S/C21H22ClNO4/c1-15-3-4-17(13-19(15)22)7-10-21(25)27-14-20(24)23-12-11-16-5-8-18(26-2)9-6-16/h3-10,13H,11-12,14H2,1-2H3,(H,23,24)/b10-7+. The molecule has 0 bridgehead atoms. The van der Waals surface area contributed by atoms with E-state index in [1.807, 2.05) is 43.3 Å². The number of aryl methyl sites for hydroxylation is 1. The van der Waals surface area contributed by atoms with Gasteiger partial charge in [0.05, 0.1) is 7.11 Å². The molecule has 2 aromatic carbocycles. The molecule has 2 aromatic rings. The van der Waals surface area contributed by atoms with E-state index >= 15 is 0 Å². The highest BCUT2D eigenvalue weighted by Crippen LogP contribution is 2.17. The summed E-state index contributed by atoms with van der Waals surface area (Å²) in [5.41, 5.74) is 2.82. The molecule has 27 heavy (non-hydrogen) atoms. The SMILES string of the molecule is COc1ccc(CCNC(=O)COC(=O)/C=C/c2ccc(C)c(Cl)c2)cc1.